The minimum atomic E-state index is -0.300. The standard InChI is InChI=1S/C23H30N6O3/c1-29-9-3-4-16-11-24-22-21(16)23(26-14-25-22)28-17-6-7-19(32-2)15(10-17)5-8-20(31)27-18(12-29)13-30/h6-7,10-11,14,18,30H,3-5,8-9,12-13H2,1-2H3,(H,27,31)(H2,24,25,26,28)/t18-/m1/s1. The Hall–Kier alpha value is -3.17. The number of ether oxygens (including phenoxy) is 1. The van der Waals surface area contributed by atoms with Gasteiger partial charge in [0.25, 0.3) is 0 Å². The first kappa shape index (κ1) is 22.0. The highest BCUT2D eigenvalue weighted by molar-refractivity contribution is 5.92. The molecule has 9 nitrogen and oxygen atoms in total. The van der Waals surface area contributed by atoms with Gasteiger partial charge in [-0.3, -0.25) is 4.79 Å². The molecule has 0 saturated heterocycles. The van der Waals surface area contributed by atoms with Crippen molar-refractivity contribution >= 4 is 28.4 Å². The molecule has 0 saturated carbocycles. The summed E-state index contributed by atoms with van der Waals surface area (Å²) in [6.07, 6.45) is 6.15. The Bertz CT molecular complexity index is 1080. The number of rotatable bonds is 2. The van der Waals surface area contributed by atoms with Crippen LogP contribution in [0, 0.1) is 0 Å². The minimum Gasteiger partial charge on any atom is -0.496 e. The first-order valence-corrected chi connectivity index (χ1v) is 10.9. The number of carbonyl (C=O) groups is 1. The van der Waals surface area contributed by atoms with E-state index in [-0.39, 0.29) is 18.6 Å². The Morgan fingerprint density at radius 2 is 2.09 bits per heavy atom. The largest absolute Gasteiger partial charge is 0.496 e. The highest BCUT2D eigenvalue weighted by Gasteiger charge is 2.17. The number of aromatic amines is 1. The number of nitrogens with one attached hydrogen (secondary N) is 3. The minimum absolute atomic E-state index is 0.0874. The number of likely N-dealkylation sites (N-methyl/N-ethyl adjacent to an activating group) is 1. The third-order valence-corrected chi connectivity index (χ3v) is 5.82. The lowest BCUT2D eigenvalue weighted by molar-refractivity contribution is -0.122. The summed E-state index contributed by atoms with van der Waals surface area (Å²) in [5.74, 6) is 1.39. The van der Waals surface area contributed by atoms with Crippen LogP contribution in [0.4, 0.5) is 11.5 Å². The van der Waals surface area contributed by atoms with Crippen LogP contribution in [0.2, 0.25) is 0 Å². The predicted molar refractivity (Wildman–Crippen MR) is 123 cm³/mol. The van der Waals surface area contributed by atoms with Crippen LogP contribution in [0.5, 0.6) is 5.75 Å². The topological polar surface area (TPSA) is 115 Å². The molecule has 3 aromatic rings. The molecule has 1 aliphatic rings. The van der Waals surface area contributed by atoms with E-state index in [9.17, 15) is 9.90 Å². The van der Waals surface area contributed by atoms with Crippen molar-refractivity contribution < 1.29 is 14.6 Å². The van der Waals surface area contributed by atoms with Crippen molar-refractivity contribution in [3.8, 4) is 5.75 Å². The number of anilines is 2. The van der Waals surface area contributed by atoms with Gasteiger partial charge in [-0.2, -0.15) is 0 Å². The number of H-pyrrole nitrogens is 1. The molecule has 1 aliphatic heterocycles. The predicted octanol–water partition coefficient (Wildman–Crippen LogP) is 2.00. The number of aromatic nitrogens is 3. The van der Waals surface area contributed by atoms with Crippen molar-refractivity contribution in [2.24, 2.45) is 0 Å². The third kappa shape index (κ3) is 5.00. The van der Waals surface area contributed by atoms with E-state index < -0.39 is 0 Å². The molecule has 0 aliphatic carbocycles. The zero-order chi connectivity index (χ0) is 22.5. The summed E-state index contributed by atoms with van der Waals surface area (Å²) in [5, 5.41) is 17.1. The summed E-state index contributed by atoms with van der Waals surface area (Å²) in [4.78, 5) is 26.8. The fourth-order valence-electron chi connectivity index (χ4n) is 4.21. The van der Waals surface area contributed by atoms with Gasteiger partial charge in [-0.1, -0.05) is 0 Å². The van der Waals surface area contributed by atoms with Gasteiger partial charge in [0, 0.05) is 24.8 Å². The SMILES string of the molecule is COc1ccc2cc1CCC(=O)N[C@@H](CO)CN(C)CCCc1c[nH]c3ncnc(c13)N2. The van der Waals surface area contributed by atoms with Gasteiger partial charge in [-0.05, 0) is 62.2 Å². The van der Waals surface area contributed by atoms with E-state index in [4.69, 9.17) is 4.74 Å². The van der Waals surface area contributed by atoms with Crippen molar-refractivity contribution in [3.63, 3.8) is 0 Å². The average Bonchev–Trinajstić information content (AvgIpc) is 3.21. The maximum Gasteiger partial charge on any atom is 0.220 e. The lowest BCUT2D eigenvalue weighted by Gasteiger charge is -2.23. The molecule has 0 fully saturated rings. The molecule has 1 atom stereocenters. The van der Waals surface area contributed by atoms with Crippen molar-refractivity contribution in [2.75, 3.05) is 39.2 Å². The molecule has 2 bridgehead atoms. The molecule has 1 amide bonds. The molecule has 170 valence electrons. The van der Waals surface area contributed by atoms with Crippen LogP contribution in [0.3, 0.4) is 0 Å². The second-order valence-corrected chi connectivity index (χ2v) is 8.22. The van der Waals surface area contributed by atoms with E-state index in [1.54, 1.807) is 13.4 Å². The quantitative estimate of drug-likeness (QED) is 0.484. The fourth-order valence-corrected chi connectivity index (χ4v) is 4.21. The summed E-state index contributed by atoms with van der Waals surface area (Å²) >= 11 is 0. The first-order chi connectivity index (χ1) is 15.6. The third-order valence-electron chi connectivity index (χ3n) is 5.82. The Labute approximate surface area is 187 Å². The summed E-state index contributed by atoms with van der Waals surface area (Å²) in [6.45, 7) is 1.33. The number of fused-ring (bicyclic) bond motifs is 2. The molecule has 3 heterocycles. The van der Waals surface area contributed by atoms with Crippen molar-refractivity contribution in [3.05, 3.63) is 41.9 Å². The average molecular weight is 439 g/mol. The molecule has 2 aromatic heterocycles. The van der Waals surface area contributed by atoms with Gasteiger partial charge in [-0.25, -0.2) is 9.97 Å². The Morgan fingerprint density at radius 1 is 1.22 bits per heavy atom. The number of nitrogens with zero attached hydrogens (tertiary/aromatic N) is 3. The van der Waals surface area contributed by atoms with E-state index in [1.165, 1.54) is 0 Å². The number of benzene rings is 1. The maximum atomic E-state index is 12.5. The molecular weight excluding hydrogens is 408 g/mol. The van der Waals surface area contributed by atoms with Crippen LogP contribution >= 0.6 is 0 Å². The first-order valence-electron chi connectivity index (χ1n) is 10.9. The number of hydrogen-bond donors (Lipinski definition) is 4. The van der Waals surface area contributed by atoms with Crippen molar-refractivity contribution in [1.29, 1.82) is 0 Å². The second-order valence-electron chi connectivity index (χ2n) is 8.22. The summed E-state index contributed by atoms with van der Waals surface area (Å²) in [7, 11) is 3.63. The molecule has 9 heteroatoms. The van der Waals surface area contributed by atoms with Crippen LogP contribution in [0.15, 0.2) is 30.7 Å². The zero-order valence-electron chi connectivity index (χ0n) is 18.5. The number of aryl methyl sites for hydroxylation is 2. The van der Waals surface area contributed by atoms with Gasteiger partial charge < -0.3 is 30.4 Å². The Kier molecular flexibility index (Phi) is 6.87. The van der Waals surface area contributed by atoms with E-state index in [0.717, 1.165) is 58.8 Å². The van der Waals surface area contributed by atoms with Gasteiger partial charge >= 0.3 is 0 Å². The molecule has 4 N–H and O–H groups in total. The zero-order valence-corrected chi connectivity index (χ0v) is 18.5. The van der Waals surface area contributed by atoms with Gasteiger partial charge in [0.05, 0.1) is 25.1 Å². The monoisotopic (exact) mass is 438 g/mol. The van der Waals surface area contributed by atoms with Gasteiger partial charge in [0.1, 0.15) is 23.5 Å². The normalized spacial score (nSPS) is 18.6. The number of hydrogen-bond acceptors (Lipinski definition) is 7. The molecular formula is C23H30N6O3. The smallest absolute Gasteiger partial charge is 0.220 e. The number of amides is 1. The van der Waals surface area contributed by atoms with Crippen LogP contribution in [0.1, 0.15) is 24.0 Å². The molecule has 32 heavy (non-hydrogen) atoms. The summed E-state index contributed by atoms with van der Waals surface area (Å²) in [5.41, 5.74) is 3.74. The van der Waals surface area contributed by atoms with E-state index in [1.807, 2.05) is 31.4 Å². The van der Waals surface area contributed by atoms with Crippen LogP contribution in [0.25, 0.3) is 11.0 Å². The second kappa shape index (κ2) is 9.97. The summed E-state index contributed by atoms with van der Waals surface area (Å²) < 4.78 is 5.50. The molecule has 4 rings (SSSR count). The number of aliphatic hydroxyl groups excluding tert-OH is 1. The molecule has 0 unspecified atom stereocenters. The highest BCUT2D eigenvalue weighted by Crippen LogP contribution is 2.30. The number of aliphatic hydroxyl groups is 1. The van der Waals surface area contributed by atoms with Crippen LogP contribution < -0.4 is 15.4 Å². The van der Waals surface area contributed by atoms with Crippen LogP contribution in [-0.2, 0) is 17.6 Å². The highest BCUT2D eigenvalue weighted by atomic mass is 16.5. The number of methoxy groups -OCH3 is 1. The molecule has 1 aromatic carbocycles. The fraction of sp³-hybridized carbons (Fsp3) is 0.435. The Morgan fingerprint density at radius 3 is 2.91 bits per heavy atom. The lowest BCUT2D eigenvalue weighted by atomic mass is 10.1. The molecule has 0 radical (unpaired) electrons. The summed E-state index contributed by atoms with van der Waals surface area (Å²) in [6, 6.07) is 5.52. The van der Waals surface area contributed by atoms with Crippen LogP contribution in [-0.4, -0.2) is 70.8 Å². The molecule has 0 spiro atoms. The Balaban J connectivity index is 1.69. The van der Waals surface area contributed by atoms with Gasteiger partial charge in [0.2, 0.25) is 5.91 Å². The van der Waals surface area contributed by atoms with Gasteiger partial charge in [0.15, 0.2) is 0 Å². The van der Waals surface area contributed by atoms with Crippen molar-refractivity contribution in [2.45, 2.75) is 31.7 Å². The lowest BCUT2D eigenvalue weighted by Crippen LogP contribution is -2.45. The van der Waals surface area contributed by atoms with Gasteiger partial charge in [-0.15, -0.1) is 0 Å². The maximum absolute atomic E-state index is 12.5. The van der Waals surface area contributed by atoms with E-state index in [2.05, 4.69) is 30.5 Å². The van der Waals surface area contributed by atoms with E-state index in [0.29, 0.717) is 19.4 Å². The van der Waals surface area contributed by atoms with Crippen molar-refractivity contribution in [1.82, 2.24) is 25.2 Å². The van der Waals surface area contributed by atoms with E-state index >= 15 is 0 Å². The number of carbonyl (C=O) groups excluding carboxylic acids is 1.